The highest BCUT2D eigenvalue weighted by Crippen LogP contribution is 2.28. The molecule has 0 bridgehead atoms. The van der Waals surface area contributed by atoms with Crippen LogP contribution in [0.2, 0.25) is 5.02 Å². The van der Waals surface area contributed by atoms with Crippen LogP contribution < -0.4 is 0 Å². The van der Waals surface area contributed by atoms with E-state index in [1.165, 1.54) is 0 Å². The van der Waals surface area contributed by atoms with Crippen LogP contribution in [0, 0.1) is 13.8 Å². The molecule has 5 heteroatoms. The van der Waals surface area contributed by atoms with Crippen molar-refractivity contribution in [1.29, 1.82) is 0 Å². The maximum absolute atomic E-state index is 6.14. The van der Waals surface area contributed by atoms with Crippen LogP contribution in [0.5, 0.6) is 0 Å². The van der Waals surface area contributed by atoms with Gasteiger partial charge in [-0.1, -0.05) is 11.6 Å². The van der Waals surface area contributed by atoms with Crippen LogP contribution in [-0.4, -0.2) is 19.7 Å². The molecule has 0 aliphatic rings. The number of nitrogens with zero attached hydrogens (tertiary/aromatic N) is 4. The topological polar surface area (TPSA) is 43.6 Å². The van der Waals surface area contributed by atoms with Crippen molar-refractivity contribution in [2.75, 3.05) is 0 Å². The molecular formula is C15H13ClN4. The van der Waals surface area contributed by atoms with Crippen molar-refractivity contribution in [3.8, 4) is 16.9 Å². The smallest absolute Gasteiger partial charge is 0.0906 e. The van der Waals surface area contributed by atoms with E-state index in [2.05, 4.69) is 15.1 Å². The fraction of sp³-hybridized carbons (Fsp3) is 0.133. The third kappa shape index (κ3) is 2.30. The predicted octanol–water partition coefficient (Wildman–Crippen LogP) is 3.60. The van der Waals surface area contributed by atoms with Crippen molar-refractivity contribution in [2.45, 2.75) is 13.8 Å². The summed E-state index contributed by atoms with van der Waals surface area (Å²) in [7, 11) is 0. The summed E-state index contributed by atoms with van der Waals surface area (Å²) in [5, 5.41) is 5.18. The number of rotatable bonds is 2. The first-order valence-corrected chi connectivity index (χ1v) is 6.62. The lowest BCUT2D eigenvalue weighted by Gasteiger charge is -2.11. The first kappa shape index (κ1) is 12.8. The molecule has 0 atom stereocenters. The zero-order valence-electron chi connectivity index (χ0n) is 11.2. The lowest BCUT2D eigenvalue weighted by atomic mass is 10.1. The van der Waals surface area contributed by atoms with Gasteiger partial charge in [-0.25, -0.2) is 4.68 Å². The van der Waals surface area contributed by atoms with E-state index >= 15 is 0 Å². The van der Waals surface area contributed by atoms with Gasteiger partial charge in [-0.15, -0.1) is 0 Å². The maximum Gasteiger partial charge on any atom is 0.0906 e. The van der Waals surface area contributed by atoms with Gasteiger partial charge in [-0.05, 0) is 38.1 Å². The van der Waals surface area contributed by atoms with Gasteiger partial charge in [0.2, 0.25) is 0 Å². The van der Waals surface area contributed by atoms with Crippen molar-refractivity contribution >= 4 is 11.6 Å². The minimum Gasteiger partial charge on any atom is -0.261 e. The van der Waals surface area contributed by atoms with E-state index in [0.717, 1.165) is 28.3 Å². The minimum absolute atomic E-state index is 0.667. The fourth-order valence-corrected chi connectivity index (χ4v) is 2.37. The Hall–Kier alpha value is -2.20. The maximum atomic E-state index is 6.14. The molecule has 0 radical (unpaired) electrons. The van der Waals surface area contributed by atoms with Crippen LogP contribution >= 0.6 is 11.6 Å². The van der Waals surface area contributed by atoms with E-state index in [1.807, 2.05) is 42.8 Å². The SMILES string of the molecule is Cc1cc(C)n(-c2cc(Cl)ccc2-c2cnccn2)n1. The quantitative estimate of drug-likeness (QED) is 0.722. The van der Waals surface area contributed by atoms with E-state index in [4.69, 9.17) is 11.6 Å². The van der Waals surface area contributed by atoms with Crippen LogP contribution in [0.3, 0.4) is 0 Å². The number of hydrogen-bond acceptors (Lipinski definition) is 3. The average molecular weight is 285 g/mol. The van der Waals surface area contributed by atoms with Gasteiger partial charge >= 0.3 is 0 Å². The van der Waals surface area contributed by atoms with Gasteiger partial charge in [0, 0.05) is 28.7 Å². The molecule has 20 heavy (non-hydrogen) atoms. The molecule has 0 spiro atoms. The Bertz CT molecular complexity index is 750. The molecule has 0 amide bonds. The summed E-state index contributed by atoms with van der Waals surface area (Å²) in [6.45, 7) is 3.98. The van der Waals surface area contributed by atoms with Crippen molar-refractivity contribution in [2.24, 2.45) is 0 Å². The summed E-state index contributed by atoms with van der Waals surface area (Å²) in [4.78, 5) is 8.48. The van der Waals surface area contributed by atoms with Crippen LogP contribution in [0.4, 0.5) is 0 Å². The Morgan fingerprint density at radius 2 is 1.95 bits per heavy atom. The Kier molecular flexibility index (Phi) is 3.24. The van der Waals surface area contributed by atoms with Crippen molar-refractivity contribution in [3.63, 3.8) is 0 Å². The van der Waals surface area contributed by atoms with E-state index in [9.17, 15) is 0 Å². The second kappa shape index (κ2) is 5.06. The summed E-state index contributed by atoms with van der Waals surface area (Å²) in [5.41, 5.74) is 4.67. The Morgan fingerprint density at radius 1 is 1.10 bits per heavy atom. The zero-order valence-corrected chi connectivity index (χ0v) is 12.0. The van der Waals surface area contributed by atoms with E-state index in [1.54, 1.807) is 18.6 Å². The minimum atomic E-state index is 0.667. The van der Waals surface area contributed by atoms with Gasteiger partial charge in [0.25, 0.3) is 0 Å². The molecule has 2 heterocycles. The second-order valence-corrected chi connectivity index (χ2v) is 5.03. The molecule has 0 saturated heterocycles. The summed E-state index contributed by atoms with van der Waals surface area (Å²) >= 11 is 6.14. The monoisotopic (exact) mass is 284 g/mol. The molecule has 1 aromatic carbocycles. The number of hydrogen-bond donors (Lipinski definition) is 0. The molecule has 0 N–H and O–H groups in total. The summed E-state index contributed by atoms with van der Waals surface area (Å²) in [6, 6.07) is 7.71. The molecule has 0 fully saturated rings. The highest BCUT2D eigenvalue weighted by molar-refractivity contribution is 6.30. The highest BCUT2D eigenvalue weighted by Gasteiger charge is 2.12. The van der Waals surface area contributed by atoms with E-state index < -0.39 is 0 Å². The average Bonchev–Trinajstić information content (AvgIpc) is 2.78. The molecule has 0 saturated carbocycles. The standard InChI is InChI=1S/C15H13ClN4/c1-10-7-11(2)20(19-10)15-8-12(16)3-4-13(15)14-9-17-5-6-18-14/h3-9H,1-2H3. The van der Waals surface area contributed by atoms with Crippen LogP contribution in [0.1, 0.15) is 11.4 Å². The largest absolute Gasteiger partial charge is 0.261 e. The molecule has 4 nitrogen and oxygen atoms in total. The number of halogens is 1. The molecule has 2 aromatic heterocycles. The molecular weight excluding hydrogens is 272 g/mol. The number of benzene rings is 1. The summed E-state index contributed by atoms with van der Waals surface area (Å²) in [5.74, 6) is 0. The second-order valence-electron chi connectivity index (χ2n) is 4.59. The van der Waals surface area contributed by atoms with E-state index in [-0.39, 0.29) is 0 Å². The normalized spacial score (nSPS) is 10.8. The molecule has 3 rings (SSSR count). The fourth-order valence-electron chi connectivity index (χ4n) is 2.21. The Morgan fingerprint density at radius 3 is 2.60 bits per heavy atom. The van der Waals surface area contributed by atoms with Crippen molar-refractivity contribution < 1.29 is 0 Å². The van der Waals surface area contributed by atoms with Crippen molar-refractivity contribution in [1.82, 2.24) is 19.7 Å². The van der Waals surface area contributed by atoms with Gasteiger partial charge in [-0.3, -0.25) is 9.97 Å². The highest BCUT2D eigenvalue weighted by atomic mass is 35.5. The molecule has 0 aliphatic carbocycles. The van der Waals surface area contributed by atoms with Gasteiger partial charge in [0.1, 0.15) is 0 Å². The zero-order chi connectivity index (χ0) is 14.1. The molecule has 0 unspecified atom stereocenters. The Labute approximate surface area is 122 Å². The lowest BCUT2D eigenvalue weighted by Crippen LogP contribution is -2.02. The number of aryl methyl sites for hydroxylation is 2. The van der Waals surface area contributed by atoms with E-state index in [0.29, 0.717) is 5.02 Å². The first-order chi connectivity index (χ1) is 9.65. The predicted molar refractivity (Wildman–Crippen MR) is 79.1 cm³/mol. The van der Waals surface area contributed by atoms with Gasteiger partial charge in [0.05, 0.1) is 23.3 Å². The molecule has 0 aliphatic heterocycles. The lowest BCUT2D eigenvalue weighted by molar-refractivity contribution is 0.834. The molecule has 3 aromatic rings. The third-order valence-corrected chi connectivity index (χ3v) is 3.27. The van der Waals surface area contributed by atoms with Crippen LogP contribution in [0.25, 0.3) is 16.9 Å². The van der Waals surface area contributed by atoms with Gasteiger partial charge in [-0.2, -0.15) is 5.10 Å². The Balaban J connectivity index is 2.25. The first-order valence-electron chi connectivity index (χ1n) is 6.25. The molecule has 100 valence electrons. The van der Waals surface area contributed by atoms with Gasteiger partial charge in [0.15, 0.2) is 0 Å². The number of aromatic nitrogens is 4. The summed E-state index contributed by atoms with van der Waals surface area (Å²) < 4.78 is 1.88. The van der Waals surface area contributed by atoms with Crippen molar-refractivity contribution in [3.05, 3.63) is 59.3 Å². The van der Waals surface area contributed by atoms with Crippen LogP contribution in [0.15, 0.2) is 42.9 Å². The van der Waals surface area contributed by atoms with Gasteiger partial charge < -0.3 is 0 Å². The van der Waals surface area contributed by atoms with Crippen LogP contribution in [-0.2, 0) is 0 Å². The third-order valence-electron chi connectivity index (χ3n) is 3.04. The summed E-state index contributed by atoms with van der Waals surface area (Å²) in [6.07, 6.45) is 5.07.